The number of carbonyl (C=O) groups is 2. The van der Waals surface area contributed by atoms with Gasteiger partial charge in [-0.05, 0) is 37.3 Å². The molecule has 0 radical (unpaired) electrons. The number of benzene rings is 1. The van der Waals surface area contributed by atoms with Gasteiger partial charge in [0, 0.05) is 38.1 Å². The lowest BCUT2D eigenvalue weighted by molar-refractivity contribution is -0.182. The van der Waals surface area contributed by atoms with E-state index in [0.29, 0.717) is 38.9 Å². The molecular weight excluding hydrogens is 370 g/mol. The van der Waals surface area contributed by atoms with Gasteiger partial charge in [0.05, 0.1) is 17.7 Å². The van der Waals surface area contributed by atoms with Crippen LogP contribution in [-0.4, -0.2) is 63.3 Å². The molecule has 1 aromatic heterocycles. The van der Waals surface area contributed by atoms with Crippen LogP contribution in [-0.2, 0) is 20.9 Å². The van der Waals surface area contributed by atoms with Crippen molar-refractivity contribution < 1.29 is 19.4 Å². The van der Waals surface area contributed by atoms with Crippen molar-refractivity contribution in [3.8, 4) is 0 Å². The average molecular weight is 399 g/mol. The Bertz CT molecular complexity index is 916. The number of aliphatic hydroxyl groups excluding tert-OH is 1. The molecule has 2 fully saturated rings. The predicted octanol–water partition coefficient (Wildman–Crippen LogP) is 1.68. The van der Waals surface area contributed by atoms with Gasteiger partial charge in [-0.2, -0.15) is 0 Å². The normalized spacial score (nSPS) is 26.6. The minimum absolute atomic E-state index is 0.0988. The molecule has 29 heavy (non-hydrogen) atoms. The monoisotopic (exact) mass is 399 g/mol. The number of aliphatic hydroxyl groups is 1. The van der Waals surface area contributed by atoms with Crippen molar-refractivity contribution in [2.75, 3.05) is 19.7 Å². The molecule has 0 aliphatic carbocycles. The molecule has 2 aliphatic heterocycles. The Hall–Kier alpha value is -2.38. The summed E-state index contributed by atoms with van der Waals surface area (Å²) in [5, 5.41) is 14.4. The Morgan fingerprint density at radius 1 is 1.24 bits per heavy atom. The fourth-order valence-electron chi connectivity index (χ4n) is 4.82. The first-order valence-electron chi connectivity index (χ1n) is 10.2. The van der Waals surface area contributed by atoms with Crippen molar-refractivity contribution in [1.29, 1.82) is 0 Å². The third-order valence-corrected chi connectivity index (χ3v) is 6.45. The molecule has 2 aliphatic rings. The van der Waals surface area contributed by atoms with E-state index in [2.05, 4.69) is 5.32 Å². The van der Waals surface area contributed by atoms with Crippen molar-refractivity contribution in [2.24, 2.45) is 0 Å². The number of nitrogens with zero attached hydrogens (tertiary/aromatic N) is 2. The maximum Gasteiger partial charge on any atom is 0.242 e. The van der Waals surface area contributed by atoms with E-state index in [0.717, 1.165) is 10.9 Å². The Kier molecular flexibility index (Phi) is 5.12. The lowest BCUT2D eigenvalue weighted by Gasteiger charge is -2.51. The van der Waals surface area contributed by atoms with E-state index >= 15 is 0 Å². The number of fused-ring (bicyclic) bond motifs is 1. The molecule has 0 unspecified atom stereocenters. The molecule has 156 valence electrons. The van der Waals surface area contributed by atoms with Crippen LogP contribution in [0.5, 0.6) is 0 Å². The van der Waals surface area contributed by atoms with Crippen LogP contribution >= 0.6 is 0 Å². The number of hydrogen-bond donors (Lipinski definition) is 2. The van der Waals surface area contributed by atoms with E-state index in [1.807, 2.05) is 52.9 Å². The number of aromatic nitrogens is 1. The Labute approximate surface area is 170 Å². The second-order valence-corrected chi connectivity index (χ2v) is 8.67. The van der Waals surface area contributed by atoms with Gasteiger partial charge in [-0.1, -0.05) is 18.2 Å². The van der Waals surface area contributed by atoms with E-state index in [4.69, 9.17) is 4.74 Å². The zero-order valence-electron chi connectivity index (χ0n) is 17.1. The Morgan fingerprint density at radius 2 is 1.97 bits per heavy atom. The summed E-state index contributed by atoms with van der Waals surface area (Å²) in [6, 6.07) is 10.1. The first-order chi connectivity index (χ1) is 13.8. The fourth-order valence-corrected chi connectivity index (χ4v) is 4.82. The molecule has 3 heterocycles. The van der Waals surface area contributed by atoms with Gasteiger partial charge in [-0.25, -0.2) is 0 Å². The van der Waals surface area contributed by atoms with E-state index in [1.165, 1.54) is 6.92 Å². The van der Waals surface area contributed by atoms with Crippen LogP contribution in [0.3, 0.4) is 0 Å². The number of nitrogens with one attached hydrogen (secondary N) is 1. The maximum atomic E-state index is 12.9. The molecule has 1 spiro atoms. The summed E-state index contributed by atoms with van der Waals surface area (Å²) < 4.78 is 8.03. The van der Waals surface area contributed by atoms with E-state index in [9.17, 15) is 14.7 Å². The van der Waals surface area contributed by atoms with Gasteiger partial charge in [0.1, 0.15) is 12.6 Å². The maximum absolute atomic E-state index is 12.9. The Morgan fingerprint density at radius 3 is 2.69 bits per heavy atom. The fraction of sp³-hybridized carbons (Fsp3) is 0.545. The van der Waals surface area contributed by atoms with Gasteiger partial charge >= 0.3 is 0 Å². The topological polar surface area (TPSA) is 83.8 Å². The summed E-state index contributed by atoms with van der Waals surface area (Å²) in [6.45, 7) is 5.09. The van der Waals surface area contributed by atoms with E-state index in [1.54, 1.807) is 0 Å². The van der Waals surface area contributed by atoms with Crippen LogP contribution in [0.4, 0.5) is 0 Å². The summed E-state index contributed by atoms with van der Waals surface area (Å²) in [5.41, 5.74) is -0.0572. The number of piperidine rings is 1. The van der Waals surface area contributed by atoms with E-state index in [-0.39, 0.29) is 18.4 Å². The molecule has 0 bridgehead atoms. The minimum atomic E-state index is -0.737. The molecule has 2 N–H and O–H groups in total. The summed E-state index contributed by atoms with van der Waals surface area (Å²) in [5.74, 6) is -0.0585. The number of amides is 2. The highest BCUT2D eigenvalue weighted by Crippen LogP contribution is 2.39. The smallest absolute Gasteiger partial charge is 0.242 e. The van der Waals surface area contributed by atoms with Crippen molar-refractivity contribution in [3.63, 3.8) is 0 Å². The molecule has 7 nitrogen and oxygen atoms in total. The molecule has 2 atom stereocenters. The summed E-state index contributed by atoms with van der Waals surface area (Å²) in [4.78, 5) is 26.4. The largest absolute Gasteiger partial charge is 0.388 e. The van der Waals surface area contributed by atoms with E-state index < -0.39 is 17.2 Å². The molecule has 0 saturated carbocycles. The van der Waals surface area contributed by atoms with Crippen molar-refractivity contribution >= 4 is 22.7 Å². The van der Waals surface area contributed by atoms with Crippen LogP contribution in [0.1, 0.15) is 33.1 Å². The van der Waals surface area contributed by atoms with Crippen LogP contribution in [0.25, 0.3) is 10.9 Å². The lowest BCUT2D eigenvalue weighted by atomic mass is 9.74. The molecule has 4 rings (SSSR count). The van der Waals surface area contributed by atoms with Gasteiger partial charge in [0.2, 0.25) is 11.8 Å². The quantitative estimate of drug-likeness (QED) is 0.823. The van der Waals surface area contributed by atoms with Crippen LogP contribution in [0, 0.1) is 0 Å². The molecule has 2 aromatic rings. The van der Waals surface area contributed by atoms with Crippen LogP contribution < -0.4 is 5.32 Å². The highest BCUT2D eigenvalue weighted by atomic mass is 16.5. The van der Waals surface area contributed by atoms with Gasteiger partial charge < -0.3 is 24.6 Å². The van der Waals surface area contributed by atoms with Crippen molar-refractivity contribution in [3.05, 3.63) is 36.5 Å². The highest BCUT2D eigenvalue weighted by molar-refractivity contribution is 5.83. The SMILES string of the molecule is CC(=O)N[C@@]1(C)CC2(CCN(C(=O)Cn3ccc4ccccc43)CC2)OC[C@@H]1O. The molecule has 2 amide bonds. The number of para-hydroxylation sites is 1. The highest BCUT2D eigenvalue weighted by Gasteiger charge is 2.50. The predicted molar refractivity (Wildman–Crippen MR) is 109 cm³/mol. The average Bonchev–Trinajstić information content (AvgIpc) is 3.08. The summed E-state index contributed by atoms with van der Waals surface area (Å²) in [7, 11) is 0. The number of rotatable bonds is 3. The Balaban J connectivity index is 1.40. The number of ether oxygens (including phenoxy) is 1. The van der Waals surface area contributed by atoms with Gasteiger partial charge in [0.25, 0.3) is 0 Å². The molecule has 1 aromatic carbocycles. The van der Waals surface area contributed by atoms with Crippen LogP contribution in [0.15, 0.2) is 36.5 Å². The second kappa shape index (κ2) is 7.46. The van der Waals surface area contributed by atoms with Gasteiger partial charge in [-0.15, -0.1) is 0 Å². The van der Waals surface area contributed by atoms with Gasteiger partial charge in [-0.3, -0.25) is 9.59 Å². The minimum Gasteiger partial charge on any atom is -0.388 e. The summed E-state index contributed by atoms with van der Waals surface area (Å²) in [6.07, 6.45) is 3.17. The van der Waals surface area contributed by atoms with Crippen molar-refractivity contribution in [2.45, 2.75) is 56.9 Å². The first kappa shape index (κ1) is 19.9. The van der Waals surface area contributed by atoms with Crippen molar-refractivity contribution in [1.82, 2.24) is 14.8 Å². The number of likely N-dealkylation sites (tertiary alicyclic amines) is 1. The summed E-state index contributed by atoms with van der Waals surface area (Å²) >= 11 is 0. The molecule has 7 heteroatoms. The lowest BCUT2D eigenvalue weighted by Crippen LogP contribution is -2.65. The number of hydrogen-bond acceptors (Lipinski definition) is 4. The third kappa shape index (κ3) is 3.89. The van der Waals surface area contributed by atoms with Crippen LogP contribution in [0.2, 0.25) is 0 Å². The third-order valence-electron chi connectivity index (χ3n) is 6.45. The van der Waals surface area contributed by atoms with Gasteiger partial charge in [0.15, 0.2) is 0 Å². The standard InChI is InChI=1S/C22H29N3O4/c1-16(26)23-21(2)15-22(29-14-19(21)27)8-11-24(12-9-22)20(28)13-25-10-7-17-5-3-4-6-18(17)25/h3-7,10,19,27H,8-9,11-15H2,1-2H3,(H,23,26)/t19-,21-/m0/s1. The zero-order valence-corrected chi connectivity index (χ0v) is 17.1. The number of carbonyl (C=O) groups excluding carboxylic acids is 2. The second-order valence-electron chi connectivity index (χ2n) is 8.67. The molecule has 2 saturated heterocycles. The zero-order chi connectivity index (χ0) is 20.6. The molecular formula is C22H29N3O4. The first-order valence-corrected chi connectivity index (χ1v) is 10.2.